The van der Waals surface area contributed by atoms with Crippen LogP contribution < -0.4 is 10.1 Å². The van der Waals surface area contributed by atoms with E-state index in [1.165, 1.54) is 11.1 Å². The molecule has 0 saturated carbocycles. The second kappa shape index (κ2) is 5.47. The number of rotatable bonds is 3. The normalized spacial score (nSPS) is 16.9. The molecule has 104 valence electrons. The number of nitrogens with one attached hydrogen (secondary N) is 1. The van der Waals surface area contributed by atoms with Gasteiger partial charge in [0.15, 0.2) is 0 Å². The quantitative estimate of drug-likeness (QED) is 0.926. The van der Waals surface area contributed by atoms with Crippen molar-refractivity contribution >= 4 is 11.6 Å². The minimum atomic E-state index is 0.217. The second-order valence-corrected chi connectivity index (χ2v) is 5.75. The highest BCUT2D eigenvalue weighted by Gasteiger charge is 2.25. The molecule has 2 aromatic carbocycles. The number of likely N-dealkylation sites (N-methyl/N-ethyl adjacent to an activating group) is 1. The number of halogens is 1. The summed E-state index contributed by atoms with van der Waals surface area (Å²) in [5, 5.41) is 3.93. The molecule has 2 aromatic rings. The van der Waals surface area contributed by atoms with E-state index in [9.17, 15) is 0 Å². The molecule has 0 saturated heterocycles. The third kappa shape index (κ3) is 2.54. The number of hydrogen-bond acceptors (Lipinski definition) is 2. The van der Waals surface area contributed by atoms with Gasteiger partial charge < -0.3 is 10.1 Å². The molecule has 0 amide bonds. The molecule has 20 heavy (non-hydrogen) atoms. The zero-order valence-corrected chi connectivity index (χ0v) is 12.5. The molecule has 3 heteroatoms. The number of ether oxygens (including phenoxy) is 1. The minimum Gasteiger partial charge on any atom is -0.488 e. The van der Waals surface area contributed by atoms with Gasteiger partial charge in [-0.25, -0.2) is 0 Å². The summed E-state index contributed by atoms with van der Waals surface area (Å²) < 4.78 is 6.12. The maximum atomic E-state index is 6.12. The third-order valence-electron chi connectivity index (χ3n) is 3.61. The Kier molecular flexibility index (Phi) is 3.68. The van der Waals surface area contributed by atoms with Crippen LogP contribution in [0.2, 0.25) is 5.02 Å². The molecule has 1 N–H and O–H groups in total. The van der Waals surface area contributed by atoms with Crippen molar-refractivity contribution in [2.75, 3.05) is 13.6 Å². The van der Waals surface area contributed by atoms with Crippen LogP contribution in [0.3, 0.4) is 0 Å². The lowest BCUT2D eigenvalue weighted by atomic mass is 9.98. The largest absolute Gasteiger partial charge is 0.488 e. The smallest absolute Gasteiger partial charge is 0.130 e. The molecule has 1 heterocycles. The Hall–Kier alpha value is -1.51. The van der Waals surface area contributed by atoms with Crippen molar-refractivity contribution in [3.05, 3.63) is 52.5 Å². The third-order valence-corrected chi connectivity index (χ3v) is 3.84. The monoisotopic (exact) mass is 287 g/mol. The second-order valence-electron chi connectivity index (χ2n) is 5.31. The predicted molar refractivity (Wildman–Crippen MR) is 83.7 cm³/mol. The van der Waals surface area contributed by atoms with Crippen LogP contribution in [0.4, 0.5) is 0 Å². The Labute approximate surface area is 124 Å². The number of hydrogen-bond donors (Lipinski definition) is 1. The van der Waals surface area contributed by atoms with Crippen molar-refractivity contribution in [1.82, 2.24) is 5.32 Å². The van der Waals surface area contributed by atoms with E-state index in [0.717, 1.165) is 34.9 Å². The van der Waals surface area contributed by atoms with Crippen molar-refractivity contribution in [2.45, 2.75) is 19.4 Å². The molecule has 0 aromatic heterocycles. The summed E-state index contributed by atoms with van der Waals surface area (Å²) in [6.07, 6.45) is 1.18. The van der Waals surface area contributed by atoms with Crippen LogP contribution in [0.15, 0.2) is 36.4 Å². The van der Waals surface area contributed by atoms with E-state index in [-0.39, 0.29) is 6.10 Å². The van der Waals surface area contributed by atoms with Crippen LogP contribution in [0.25, 0.3) is 11.1 Å². The Morgan fingerprint density at radius 1 is 1.30 bits per heavy atom. The van der Waals surface area contributed by atoms with E-state index in [0.29, 0.717) is 0 Å². The van der Waals surface area contributed by atoms with Crippen LogP contribution in [-0.4, -0.2) is 19.7 Å². The van der Waals surface area contributed by atoms with E-state index in [1.54, 1.807) is 0 Å². The van der Waals surface area contributed by atoms with Gasteiger partial charge in [-0.1, -0.05) is 29.8 Å². The Bertz CT molecular complexity index is 639. The van der Waals surface area contributed by atoms with Gasteiger partial charge in [0.05, 0.1) is 0 Å². The van der Waals surface area contributed by atoms with Crippen LogP contribution >= 0.6 is 11.6 Å². The summed E-state index contributed by atoms with van der Waals surface area (Å²) >= 11 is 6.11. The fraction of sp³-hybridized carbons (Fsp3) is 0.294. The Morgan fingerprint density at radius 3 is 2.90 bits per heavy atom. The summed E-state index contributed by atoms with van der Waals surface area (Å²) in [5.74, 6) is 1.01. The minimum absolute atomic E-state index is 0.217. The number of benzene rings is 2. The van der Waals surface area contributed by atoms with Gasteiger partial charge in [0.1, 0.15) is 11.9 Å². The summed E-state index contributed by atoms with van der Waals surface area (Å²) in [6, 6.07) is 12.3. The summed E-state index contributed by atoms with van der Waals surface area (Å²) in [6.45, 7) is 2.99. The SMILES string of the molecule is CNCC1Cc2cc(C)cc(-c3cccc(Cl)c3)c2O1. The van der Waals surface area contributed by atoms with E-state index in [1.807, 2.05) is 25.2 Å². The van der Waals surface area contributed by atoms with Gasteiger partial charge in [-0.15, -0.1) is 0 Å². The van der Waals surface area contributed by atoms with Gasteiger partial charge in [0, 0.05) is 23.6 Å². The Balaban J connectivity index is 2.05. The predicted octanol–water partition coefficient (Wildman–Crippen LogP) is 3.84. The molecule has 1 aliphatic heterocycles. The zero-order chi connectivity index (χ0) is 14.1. The number of aryl methyl sites for hydroxylation is 1. The molecule has 0 fully saturated rings. The molecular weight excluding hydrogens is 270 g/mol. The van der Waals surface area contributed by atoms with Gasteiger partial charge in [-0.05, 0) is 48.9 Å². The van der Waals surface area contributed by atoms with Gasteiger partial charge in [0.2, 0.25) is 0 Å². The fourth-order valence-corrected chi connectivity index (χ4v) is 2.99. The topological polar surface area (TPSA) is 21.3 Å². The lowest BCUT2D eigenvalue weighted by Crippen LogP contribution is -2.27. The lowest BCUT2D eigenvalue weighted by Gasteiger charge is -2.13. The average Bonchev–Trinajstić information content (AvgIpc) is 2.80. The molecule has 0 radical (unpaired) electrons. The molecule has 1 aliphatic rings. The average molecular weight is 288 g/mol. The van der Waals surface area contributed by atoms with Crippen molar-refractivity contribution < 1.29 is 4.74 Å². The molecule has 1 unspecified atom stereocenters. The summed E-state index contributed by atoms with van der Waals surface area (Å²) in [4.78, 5) is 0. The first-order chi connectivity index (χ1) is 9.67. The maximum absolute atomic E-state index is 6.12. The van der Waals surface area contributed by atoms with E-state index < -0.39 is 0 Å². The molecule has 2 nitrogen and oxygen atoms in total. The Morgan fingerprint density at radius 2 is 2.15 bits per heavy atom. The fourth-order valence-electron chi connectivity index (χ4n) is 2.80. The van der Waals surface area contributed by atoms with Crippen molar-refractivity contribution in [1.29, 1.82) is 0 Å². The van der Waals surface area contributed by atoms with E-state index in [4.69, 9.17) is 16.3 Å². The van der Waals surface area contributed by atoms with E-state index >= 15 is 0 Å². The van der Waals surface area contributed by atoms with Crippen LogP contribution in [-0.2, 0) is 6.42 Å². The lowest BCUT2D eigenvalue weighted by molar-refractivity contribution is 0.232. The van der Waals surface area contributed by atoms with E-state index in [2.05, 4.69) is 30.4 Å². The summed E-state index contributed by atoms with van der Waals surface area (Å²) in [7, 11) is 1.95. The van der Waals surface area contributed by atoms with Crippen LogP contribution in [0.1, 0.15) is 11.1 Å². The number of fused-ring (bicyclic) bond motifs is 1. The van der Waals surface area contributed by atoms with Crippen LogP contribution in [0.5, 0.6) is 5.75 Å². The van der Waals surface area contributed by atoms with Crippen molar-refractivity contribution in [3.8, 4) is 16.9 Å². The molecule has 0 bridgehead atoms. The molecule has 3 rings (SSSR count). The van der Waals surface area contributed by atoms with Crippen molar-refractivity contribution in [2.24, 2.45) is 0 Å². The first-order valence-corrected chi connectivity index (χ1v) is 7.26. The van der Waals surface area contributed by atoms with Gasteiger partial charge in [0.25, 0.3) is 0 Å². The van der Waals surface area contributed by atoms with Gasteiger partial charge in [-0.3, -0.25) is 0 Å². The first kappa shape index (κ1) is 13.5. The zero-order valence-electron chi connectivity index (χ0n) is 11.7. The highest BCUT2D eigenvalue weighted by Crippen LogP contribution is 2.40. The van der Waals surface area contributed by atoms with Gasteiger partial charge in [-0.2, -0.15) is 0 Å². The highest BCUT2D eigenvalue weighted by molar-refractivity contribution is 6.30. The maximum Gasteiger partial charge on any atom is 0.130 e. The van der Waals surface area contributed by atoms with Crippen LogP contribution in [0, 0.1) is 6.92 Å². The molecule has 0 aliphatic carbocycles. The highest BCUT2D eigenvalue weighted by atomic mass is 35.5. The molecular formula is C17H18ClNO. The standard InChI is InChI=1S/C17H18ClNO/c1-11-6-13-9-15(10-19-2)20-17(13)16(7-11)12-4-3-5-14(18)8-12/h3-8,15,19H,9-10H2,1-2H3. The molecule has 0 spiro atoms. The van der Waals surface area contributed by atoms with Crippen molar-refractivity contribution in [3.63, 3.8) is 0 Å². The first-order valence-electron chi connectivity index (χ1n) is 6.88. The summed E-state index contributed by atoms with van der Waals surface area (Å²) in [5.41, 5.74) is 4.80. The van der Waals surface area contributed by atoms with Gasteiger partial charge >= 0.3 is 0 Å². The molecule has 1 atom stereocenters.